The van der Waals surface area contributed by atoms with Crippen LogP contribution in [0.1, 0.15) is 10.4 Å². The summed E-state index contributed by atoms with van der Waals surface area (Å²) in [5.41, 5.74) is 2.71. The third-order valence-corrected chi connectivity index (χ3v) is 3.57. The van der Waals surface area contributed by atoms with Gasteiger partial charge in [-0.3, -0.25) is 4.79 Å². The number of aromatic nitrogens is 2. The quantitative estimate of drug-likeness (QED) is 0.707. The number of fused-ring (bicyclic) bond motifs is 1. The third kappa shape index (κ3) is 2.89. The summed E-state index contributed by atoms with van der Waals surface area (Å²) in [5.74, 6) is 1.64. The summed E-state index contributed by atoms with van der Waals surface area (Å²) in [6, 6.07) is 10.6. The maximum absolute atomic E-state index is 11.6. The molecule has 1 aromatic heterocycles. The molecule has 0 spiro atoms. The van der Waals surface area contributed by atoms with Gasteiger partial charge in [0.25, 0.3) is 0 Å². The minimum atomic E-state index is -0.514. The van der Waals surface area contributed by atoms with Crippen molar-refractivity contribution in [3.8, 4) is 22.9 Å². The van der Waals surface area contributed by atoms with Crippen LogP contribution < -0.4 is 9.47 Å². The molecule has 0 atom stereocenters. The van der Waals surface area contributed by atoms with E-state index in [0.717, 1.165) is 16.6 Å². The van der Waals surface area contributed by atoms with E-state index in [1.807, 2.05) is 12.1 Å². The first-order valence-electron chi connectivity index (χ1n) is 7.02. The normalized spacial score (nSPS) is 10.7. The number of aliphatic hydroxyl groups is 1. The summed E-state index contributed by atoms with van der Waals surface area (Å²) < 4.78 is 10.5. The second kappa shape index (κ2) is 6.10. The third-order valence-electron chi connectivity index (χ3n) is 3.57. The van der Waals surface area contributed by atoms with Crippen LogP contribution in [0.3, 0.4) is 0 Å². The molecule has 23 heavy (non-hydrogen) atoms. The number of nitrogens with one attached hydrogen (secondary N) is 1. The number of Topliss-reactive ketones (excluding diaryl/α,β-unsaturated/α-hetero) is 1. The number of hydrogen-bond acceptors (Lipinski definition) is 5. The number of aliphatic hydroxyl groups excluding tert-OH is 1. The molecule has 0 aliphatic heterocycles. The number of hydrogen-bond donors (Lipinski definition) is 2. The second-order valence-electron chi connectivity index (χ2n) is 5.00. The SMILES string of the molecule is COc1cc(OC)cc(-c2nc3ccc(C(=O)CO)cc3[nH]2)c1. The smallest absolute Gasteiger partial charge is 0.188 e. The van der Waals surface area contributed by atoms with Crippen LogP contribution >= 0.6 is 0 Å². The van der Waals surface area contributed by atoms with Crippen LogP contribution in [0.2, 0.25) is 0 Å². The summed E-state index contributed by atoms with van der Waals surface area (Å²) in [7, 11) is 3.17. The van der Waals surface area contributed by atoms with Gasteiger partial charge in [0.15, 0.2) is 5.78 Å². The number of aromatic amines is 1. The predicted octanol–water partition coefficient (Wildman–Crippen LogP) is 2.42. The van der Waals surface area contributed by atoms with Crippen molar-refractivity contribution < 1.29 is 19.4 Å². The minimum absolute atomic E-state index is 0.328. The molecule has 0 saturated carbocycles. The molecule has 0 aliphatic rings. The number of benzene rings is 2. The topological polar surface area (TPSA) is 84.4 Å². The molecule has 0 radical (unpaired) electrons. The van der Waals surface area contributed by atoms with Crippen molar-refractivity contribution in [2.45, 2.75) is 0 Å². The van der Waals surface area contributed by atoms with Gasteiger partial charge >= 0.3 is 0 Å². The maximum Gasteiger partial charge on any atom is 0.188 e. The van der Waals surface area contributed by atoms with E-state index in [1.165, 1.54) is 0 Å². The molecule has 0 fully saturated rings. The molecule has 3 rings (SSSR count). The zero-order chi connectivity index (χ0) is 16.4. The van der Waals surface area contributed by atoms with E-state index in [-0.39, 0.29) is 5.78 Å². The van der Waals surface area contributed by atoms with Crippen molar-refractivity contribution in [3.05, 3.63) is 42.0 Å². The molecular formula is C17H16N2O4. The Bertz CT molecular complexity index is 848. The lowest BCUT2D eigenvalue weighted by Gasteiger charge is -2.06. The Morgan fingerprint density at radius 2 is 1.83 bits per heavy atom. The van der Waals surface area contributed by atoms with Crippen molar-refractivity contribution >= 4 is 16.8 Å². The summed E-state index contributed by atoms with van der Waals surface area (Å²) in [4.78, 5) is 19.3. The number of imidazole rings is 1. The van der Waals surface area contributed by atoms with Gasteiger partial charge < -0.3 is 19.6 Å². The van der Waals surface area contributed by atoms with Crippen LogP contribution in [0.25, 0.3) is 22.4 Å². The van der Waals surface area contributed by atoms with E-state index in [4.69, 9.17) is 14.6 Å². The lowest BCUT2D eigenvalue weighted by Crippen LogP contribution is -2.03. The highest BCUT2D eigenvalue weighted by atomic mass is 16.5. The molecule has 0 aliphatic carbocycles. The van der Waals surface area contributed by atoms with Gasteiger partial charge in [0, 0.05) is 17.2 Å². The molecule has 3 aromatic rings. The van der Waals surface area contributed by atoms with Crippen molar-refractivity contribution in [1.29, 1.82) is 0 Å². The van der Waals surface area contributed by atoms with Crippen LogP contribution in [0, 0.1) is 0 Å². The number of H-pyrrole nitrogens is 1. The van der Waals surface area contributed by atoms with Gasteiger partial charge in [0.05, 0.1) is 25.3 Å². The standard InChI is InChI=1S/C17H16N2O4/c1-22-12-5-11(6-13(8-12)23-2)17-18-14-4-3-10(16(21)9-20)7-15(14)19-17/h3-8,20H,9H2,1-2H3,(H,18,19). The van der Waals surface area contributed by atoms with Gasteiger partial charge in [-0.05, 0) is 30.3 Å². The fourth-order valence-electron chi connectivity index (χ4n) is 2.36. The van der Waals surface area contributed by atoms with Crippen LogP contribution in [0.5, 0.6) is 11.5 Å². The van der Waals surface area contributed by atoms with E-state index in [0.29, 0.717) is 22.9 Å². The summed E-state index contributed by atoms with van der Waals surface area (Å²) in [6.45, 7) is -0.514. The van der Waals surface area contributed by atoms with Gasteiger partial charge in [-0.15, -0.1) is 0 Å². The zero-order valence-corrected chi connectivity index (χ0v) is 12.8. The number of ketones is 1. The minimum Gasteiger partial charge on any atom is -0.497 e. The van der Waals surface area contributed by atoms with Crippen molar-refractivity contribution in [2.24, 2.45) is 0 Å². The highest BCUT2D eigenvalue weighted by Crippen LogP contribution is 2.29. The Hall–Kier alpha value is -2.86. The largest absolute Gasteiger partial charge is 0.497 e. The van der Waals surface area contributed by atoms with Gasteiger partial charge in [-0.25, -0.2) is 4.98 Å². The molecule has 6 heteroatoms. The molecule has 0 amide bonds. The second-order valence-corrected chi connectivity index (χ2v) is 5.00. The van der Waals surface area contributed by atoms with Gasteiger partial charge in [-0.1, -0.05) is 0 Å². The molecule has 0 saturated heterocycles. The fourth-order valence-corrected chi connectivity index (χ4v) is 2.36. The first kappa shape index (κ1) is 15.1. The monoisotopic (exact) mass is 312 g/mol. The lowest BCUT2D eigenvalue weighted by molar-refractivity contribution is 0.0904. The van der Waals surface area contributed by atoms with E-state index < -0.39 is 6.61 Å². The molecule has 118 valence electrons. The Morgan fingerprint density at radius 3 is 2.43 bits per heavy atom. The van der Waals surface area contributed by atoms with Crippen LogP contribution in [0.4, 0.5) is 0 Å². The average Bonchev–Trinajstić information content (AvgIpc) is 3.03. The van der Waals surface area contributed by atoms with Crippen LogP contribution in [-0.2, 0) is 0 Å². The van der Waals surface area contributed by atoms with E-state index in [9.17, 15) is 4.79 Å². The number of ether oxygens (including phenoxy) is 2. The average molecular weight is 312 g/mol. The van der Waals surface area contributed by atoms with E-state index in [1.54, 1.807) is 38.5 Å². The van der Waals surface area contributed by atoms with Crippen LogP contribution in [-0.4, -0.2) is 41.7 Å². The van der Waals surface area contributed by atoms with Crippen molar-refractivity contribution in [3.63, 3.8) is 0 Å². The van der Waals surface area contributed by atoms with Crippen molar-refractivity contribution in [2.75, 3.05) is 20.8 Å². The number of methoxy groups -OCH3 is 2. The maximum atomic E-state index is 11.6. The lowest BCUT2D eigenvalue weighted by atomic mass is 10.1. The fraction of sp³-hybridized carbons (Fsp3) is 0.176. The Kier molecular flexibility index (Phi) is 3.99. The number of rotatable bonds is 5. The molecule has 1 heterocycles. The first-order chi connectivity index (χ1) is 11.1. The van der Waals surface area contributed by atoms with Gasteiger partial charge in [0.2, 0.25) is 0 Å². The highest BCUT2D eigenvalue weighted by molar-refractivity contribution is 5.99. The van der Waals surface area contributed by atoms with Crippen molar-refractivity contribution in [1.82, 2.24) is 9.97 Å². The Labute approximate surface area is 132 Å². The molecule has 0 unspecified atom stereocenters. The van der Waals surface area contributed by atoms with Crippen LogP contribution in [0.15, 0.2) is 36.4 Å². The number of nitrogens with zero attached hydrogens (tertiary/aromatic N) is 1. The summed E-state index contributed by atoms with van der Waals surface area (Å²) in [6.07, 6.45) is 0. The van der Waals surface area contributed by atoms with Gasteiger partial charge in [-0.2, -0.15) is 0 Å². The van der Waals surface area contributed by atoms with Gasteiger partial charge in [0.1, 0.15) is 23.9 Å². The molecule has 0 bridgehead atoms. The first-order valence-corrected chi connectivity index (χ1v) is 7.02. The Morgan fingerprint density at radius 1 is 1.13 bits per heavy atom. The molecular weight excluding hydrogens is 296 g/mol. The summed E-state index contributed by atoms with van der Waals surface area (Å²) >= 11 is 0. The predicted molar refractivity (Wildman–Crippen MR) is 86.1 cm³/mol. The molecule has 2 aromatic carbocycles. The number of carbonyl (C=O) groups excluding carboxylic acids is 1. The summed E-state index contributed by atoms with van der Waals surface area (Å²) in [5, 5.41) is 8.96. The number of carbonyl (C=O) groups is 1. The zero-order valence-electron chi connectivity index (χ0n) is 12.8. The highest BCUT2D eigenvalue weighted by Gasteiger charge is 2.11. The Balaban J connectivity index is 2.08. The van der Waals surface area contributed by atoms with E-state index >= 15 is 0 Å². The van der Waals surface area contributed by atoms with E-state index in [2.05, 4.69) is 9.97 Å². The molecule has 6 nitrogen and oxygen atoms in total. The molecule has 2 N–H and O–H groups in total.